The number of hydrogen-bond acceptors (Lipinski definition) is 3. The molecule has 1 atom stereocenters. The molecule has 1 aliphatic carbocycles. The number of hydrogen-bond donors (Lipinski definition) is 2. The lowest BCUT2D eigenvalue weighted by molar-refractivity contribution is 0.0937. The molecule has 3 N–H and O–H groups in total. The number of thiophene rings is 1. The molecule has 94 valence electrons. The van der Waals surface area contributed by atoms with Gasteiger partial charge in [-0.25, -0.2) is 0 Å². The third-order valence-electron chi connectivity index (χ3n) is 3.32. The Bertz CT molecular complexity index is 390. The molecule has 1 aliphatic rings. The van der Waals surface area contributed by atoms with Gasteiger partial charge in [-0.1, -0.05) is 19.8 Å². The summed E-state index contributed by atoms with van der Waals surface area (Å²) in [4.78, 5) is 13.8. The van der Waals surface area contributed by atoms with Gasteiger partial charge in [-0.3, -0.25) is 4.79 Å². The highest BCUT2D eigenvalue weighted by molar-refractivity contribution is 7.14. The molecule has 0 radical (unpaired) electrons. The van der Waals surface area contributed by atoms with Crippen LogP contribution < -0.4 is 11.1 Å². The van der Waals surface area contributed by atoms with Gasteiger partial charge in [0.15, 0.2) is 0 Å². The van der Waals surface area contributed by atoms with Crippen LogP contribution in [-0.4, -0.2) is 11.9 Å². The molecule has 1 amide bonds. The van der Waals surface area contributed by atoms with Gasteiger partial charge in [-0.2, -0.15) is 0 Å². The van der Waals surface area contributed by atoms with Crippen LogP contribution in [0.5, 0.6) is 0 Å². The van der Waals surface area contributed by atoms with Crippen molar-refractivity contribution in [3.05, 3.63) is 15.8 Å². The van der Waals surface area contributed by atoms with Crippen LogP contribution in [0, 0.1) is 12.8 Å². The van der Waals surface area contributed by atoms with E-state index in [4.69, 9.17) is 5.73 Å². The van der Waals surface area contributed by atoms with E-state index >= 15 is 0 Å². The number of amides is 1. The summed E-state index contributed by atoms with van der Waals surface area (Å²) in [7, 11) is 0. The summed E-state index contributed by atoms with van der Waals surface area (Å²) in [5.74, 6) is 0.873. The summed E-state index contributed by atoms with van der Waals surface area (Å²) in [6.45, 7) is 4.07. The van der Waals surface area contributed by atoms with Gasteiger partial charge in [0.2, 0.25) is 0 Å². The zero-order valence-corrected chi connectivity index (χ0v) is 11.3. The summed E-state index contributed by atoms with van der Waals surface area (Å²) in [6, 6.07) is 2.10. The minimum atomic E-state index is 0.0299. The first kappa shape index (κ1) is 12.4. The van der Waals surface area contributed by atoms with Crippen LogP contribution in [-0.2, 0) is 0 Å². The maximum atomic E-state index is 12.0. The third kappa shape index (κ3) is 3.22. The first-order valence-electron chi connectivity index (χ1n) is 6.27. The molecule has 1 saturated carbocycles. The van der Waals surface area contributed by atoms with Gasteiger partial charge < -0.3 is 11.1 Å². The Labute approximate surface area is 106 Å². The van der Waals surface area contributed by atoms with Crippen LogP contribution in [0.4, 0.5) is 5.69 Å². The molecule has 1 unspecified atom stereocenters. The Kier molecular flexibility index (Phi) is 3.72. The molecule has 0 spiro atoms. The number of nitrogens with two attached hydrogens (primary N) is 1. The molecule has 1 fully saturated rings. The Morgan fingerprint density at radius 1 is 1.65 bits per heavy atom. The van der Waals surface area contributed by atoms with E-state index in [0.717, 1.165) is 34.2 Å². The molecular formula is C13H20N2OS. The monoisotopic (exact) mass is 252 g/mol. The van der Waals surface area contributed by atoms with E-state index in [2.05, 4.69) is 12.2 Å². The average molecular weight is 252 g/mol. The summed E-state index contributed by atoms with van der Waals surface area (Å²) in [6.07, 6.45) is 4.79. The van der Waals surface area contributed by atoms with Crippen LogP contribution in [0.1, 0.15) is 47.2 Å². The molecule has 0 aliphatic heterocycles. The van der Waals surface area contributed by atoms with E-state index in [9.17, 15) is 4.79 Å². The van der Waals surface area contributed by atoms with Crippen molar-refractivity contribution < 1.29 is 4.79 Å². The molecule has 2 rings (SSSR count). The van der Waals surface area contributed by atoms with E-state index < -0.39 is 0 Å². The van der Waals surface area contributed by atoms with Crippen molar-refractivity contribution in [2.75, 3.05) is 5.73 Å². The standard InChI is InChI=1S/C13H20N2OS/c1-3-10(6-9-4-5-9)15-13(16)12-7-11(14)8(2)17-12/h7,9-10H,3-6,14H2,1-2H3,(H,15,16). The normalized spacial score (nSPS) is 16.8. The number of nitrogens with one attached hydrogen (secondary N) is 1. The fourth-order valence-electron chi connectivity index (χ4n) is 1.95. The van der Waals surface area contributed by atoms with E-state index in [1.165, 1.54) is 24.2 Å². The van der Waals surface area contributed by atoms with Crippen LogP contribution in [0.15, 0.2) is 6.07 Å². The van der Waals surface area contributed by atoms with Gasteiger partial charge in [0.1, 0.15) is 0 Å². The Morgan fingerprint density at radius 2 is 2.35 bits per heavy atom. The number of anilines is 1. The fraction of sp³-hybridized carbons (Fsp3) is 0.615. The number of nitrogen functional groups attached to an aromatic ring is 1. The van der Waals surface area contributed by atoms with Crippen molar-refractivity contribution in [2.45, 2.75) is 45.6 Å². The van der Waals surface area contributed by atoms with Gasteiger partial charge in [0.05, 0.1) is 4.88 Å². The molecule has 1 heterocycles. The average Bonchev–Trinajstić information content (AvgIpc) is 3.04. The maximum absolute atomic E-state index is 12.0. The van der Waals surface area contributed by atoms with Gasteiger partial charge in [0, 0.05) is 16.6 Å². The van der Waals surface area contributed by atoms with E-state index in [0.29, 0.717) is 6.04 Å². The SMILES string of the molecule is CCC(CC1CC1)NC(=O)c1cc(N)c(C)s1. The molecule has 0 aromatic carbocycles. The zero-order chi connectivity index (χ0) is 12.4. The number of carbonyl (C=O) groups is 1. The molecule has 0 bridgehead atoms. The topological polar surface area (TPSA) is 55.1 Å². The van der Waals surface area contributed by atoms with Crippen LogP contribution in [0.2, 0.25) is 0 Å². The highest BCUT2D eigenvalue weighted by Gasteiger charge is 2.26. The smallest absolute Gasteiger partial charge is 0.261 e. The zero-order valence-electron chi connectivity index (χ0n) is 10.5. The Hall–Kier alpha value is -1.03. The summed E-state index contributed by atoms with van der Waals surface area (Å²) in [5.41, 5.74) is 6.48. The lowest BCUT2D eigenvalue weighted by atomic mass is 10.1. The van der Waals surface area contributed by atoms with E-state index in [-0.39, 0.29) is 5.91 Å². The summed E-state index contributed by atoms with van der Waals surface area (Å²) < 4.78 is 0. The van der Waals surface area contributed by atoms with Crippen molar-refractivity contribution in [1.29, 1.82) is 0 Å². The number of carbonyl (C=O) groups excluding carboxylic acids is 1. The van der Waals surface area contributed by atoms with Crippen molar-refractivity contribution in [1.82, 2.24) is 5.32 Å². The van der Waals surface area contributed by atoms with Crippen molar-refractivity contribution in [2.24, 2.45) is 5.92 Å². The lowest BCUT2D eigenvalue weighted by Gasteiger charge is -2.15. The summed E-state index contributed by atoms with van der Waals surface area (Å²) in [5, 5.41) is 3.11. The van der Waals surface area contributed by atoms with E-state index in [1.54, 1.807) is 6.07 Å². The summed E-state index contributed by atoms with van der Waals surface area (Å²) >= 11 is 1.47. The first-order chi connectivity index (χ1) is 8.10. The highest BCUT2D eigenvalue weighted by Crippen LogP contribution is 2.34. The molecule has 3 nitrogen and oxygen atoms in total. The number of aryl methyl sites for hydroxylation is 1. The van der Waals surface area contributed by atoms with Crippen LogP contribution in [0.25, 0.3) is 0 Å². The Balaban J connectivity index is 1.94. The molecule has 17 heavy (non-hydrogen) atoms. The molecular weight excluding hydrogens is 232 g/mol. The second-order valence-electron chi connectivity index (χ2n) is 4.88. The predicted molar refractivity (Wildman–Crippen MR) is 72.4 cm³/mol. The number of rotatable bonds is 5. The fourth-order valence-corrected chi connectivity index (χ4v) is 2.79. The van der Waals surface area contributed by atoms with Gasteiger partial charge in [0.25, 0.3) is 5.91 Å². The van der Waals surface area contributed by atoms with Crippen LogP contribution in [0.3, 0.4) is 0 Å². The second-order valence-corrected chi connectivity index (χ2v) is 6.14. The van der Waals surface area contributed by atoms with Gasteiger partial charge >= 0.3 is 0 Å². The van der Waals surface area contributed by atoms with Crippen molar-refractivity contribution in [3.63, 3.8) is 0 Å². The molecule has 1 aromatic rings. The second kappa shape index (κ2) is 5.08. The van der Waals surface area contributed by atoms with Crippen molar-refractivity contribution >= 4 is 22.9 Å². The van der Waals surface area contributed by atoms with Crippen molar-refractivity contribution in [3.8, 4) is 0 Å². The molecule has 0 saturated heterocycles. The van der Waals surface area contributed by atoms with Crippen LogP contribution >= 0.6 is 11.3 Å². The quantitative estimate of drug-likeness (QED) is 0.846. The molecule has 4 heteroatoms. The minimum absolute atomic E-state index is 0.0299. The maximum Gasteiger partial charge on any atom is 0.261 e. The lowest BCUT2D eigenvalue weighted by Crippen LogP contribution is -2.34. The third-order valence-corrected chi connectivity index (χ3v) is 4.39. The van der Waals surface area contributed by atoms with E-state index in [1.807, 2.05) is 6.92 Å². The largest absolute Gasteiger partial charge is 0.398 e. The minimum Gasteiger partial charge on any atom is -0.398 e. The molecule has 1 aromatic heterocycles. The predicted octanol–water partition coefficient (Wildman–Crippen LogP) is 2.95. The van der Waals surface area contributed by atoms with Gasteiger partial charge in [-0.05, 0) is 31.7 Å². The van der Waals surface area contributed by atoms with Gasteiger partial charge in [-0.15, -0.1) is 11.3 Å². The Morgan fingerprint density at radius 3 is 2.82 bits per heavy atom. The highest BCUT2D eigenvalue weighted by atomic mass is 32.1. The first-order valence-corrected chi connectivity index (χ1v) is 7.08.